The van der Waals surface area contributed by atoms with Crippen LogP contribution in [-0.2, 0) is 22.3 Å². The molecule has 0 aliphatic carbocycles. The number of hydrogen-bond acceptors (Lipinski definition) is 4. The molecule has 2 rings (SSSR count). The molecule has 1 aromatic heterocycles. The third-order valence-electron chi connectivity index (χ3n) is 3.35. The predicted molar refractivity (Wildman–Crippen MR) is 87.4 cm³/mol. The van der Waals surface area contributed by atoms with Gasteiger partial charge in [0.15, 0.2) is 16.4 Å². The quantitative estimate of drug-likeness (QED) is 0.766. The smallest absolute Gasteiger partial charge is 0.422 e. The highest BCUT2D eigenvalue weighted by Crippen LogP contribution is 2.34. The number of benzene rings is 1. The molecule has 0 saturated heterocycles. The Morgan fingerprint density at radius 3 is 2.42 bits per heavy atom. The van der Waals surface area contributed by atoms with Crippen molar-refractivity contribution in [2.45, 2.75) is 18.6 Å². The molecule has 2 aromatic rings. The summed E-state index contributed by atoms with van der Waals surface area (Å²) in [5.41, 5.74) is -0.717. The summed E-state index contributed by atoms with van der Waals surface area (Å²) >= 11 is 0. The second-order valence-electron chi connectivity index (χ2n) is 5.64. The van der Waals surface area contributed by atoms with Crippen molar-refractivity contribution in [3.63, 3.8) is 0 Å². The number of rotatable bonds is 6. The first-order valence-corrected chi connectivity index (χ1v) is 9.33. The molecular formula is C16H15F4NO4S. The fourth-order valence-electron chi connectivity index (χ4n) is 2.36. The van der Waals surface area contributed by atoms with E-state index in [0.717, 1.165) is 6.26 Å². The first-order valence-electron chi connectivity index (χ1n) is 7.27. The Kier molecular flexibility index (Phi) is 5.74. The number of pyridine rings is 1. The maximum atomic E-state index is 13.3. The maximum absolute atomic E-state index is 13.3. The van der Waals surface area contributed by atoms with Crippen LogP contribution in [0, 0.1) is 0 Å². The van der Waals surface area contributed by atoms with Crippen LogP contribution in [-0.4, -0.2) is 32.4 Å². The molecule has 0 aliphatic heterocycles. The van der Waals surface area contributed by atoms with E-state index >= 15 is 0 Å². The largest absolute Gasteiger partial charge is 0.483 e. The fraction of sp³-hybridized carbons (Fsp3) is 0.312. The SMILES string of the molecule is CS(=O)(=O)Cc1ccc(OCC(F)(F)F)c(-c2cc[nH]c(=O)c2CF)c1. The number of halogens is 4. The Balaban J connectivity index is 2.60. The topological polar surface area (TPSA) is 76.2 Å². The molecule has 1 aromatic carbocycles. The summed E-state index contributed by atoms with van der Waals surface area (Å²) in [6, 6.07) is 5.07. The molecule has 142 valence electrons. The molecule has 5 nitrogen and oxygen atoms in total. The van der Waals surface area contributed by atoms with Crippen molar-refractivity contribution in [2.75, 3.05) is 12.9 Å². The zero-order valence-electron chi connectivity index (χ0n) is 13.6. The van der Waals surface area contributed by atoms with Gasteiger partial charge < -0.3 is 9.72 Å². The highest BCUT2D eigenvalue weighted by atomic mass is 32.2. The van der Waals surface area contributed by atoms with Gasteiger partial charge in [-0.1, -0.05) is 6.07 Å². The maximum Gasteiger partial charge on any atom is 0.422 e. The average molecular weight is 393 g/mol. The minimum atomic E-state index is -4.60. The second kappa shape index (κ2) is 7.48. The van der Waals surface area contributed by atoms with Gasteiger partial charge in [0.05, 0.1) is 11.3 Å². The van der Waals surface area contributed by atoms with E-state index < -0.39 is 34.9 Å². The number of hydrogen-bond donors (Lipinski definition) is 1. The summed E-state index contributed by atoms with van der Waals surface area (Å²) in [6.07, 6.45) is -2.38. The standard InChI is InChI=1S/C16H15F4NO4S/c1-26(23,24)8-10-2-3-14(25-9-16(18,19)20)12(6-10)11-4-5-21-15(22)13(11)7-17/h2-6H,7-9H2,1H3,(H,21,22). The van der Waals surface area contributed by atoms with Crippen LogP contribution in [0.5, 0.6) is 5.75 Å². The first-order chi connectivity index (χ1) is 12.0. The molecule has 0 bridgehead atoms. The number of ether oxygens (including phenoxy) is 1. The Morgan fingerprint density at radius 2 is 1.85 bits per heavy atom. The third-order valence-corrected chi connectivity index (χ3v) is 4.21. The summed E-state index contributed by atoms with van der Waals surface area (Å²) in [4.78, 5) is 14.1. The van der Waals surface area contributed by atoms with Crippen LogP contribution in [0.2, 0.25) is 0 Å². The monoisotopic (exact) mass is 393 g/mol. The average Bonchev–Trinajstić information content (AvgIpc) is 2.51. The van der Waals surface area contributed by atoms with Crippen LogP contribution in [0.3, 0.4) is 0 Å². The van der Waals surface area contributed by atoms with Gasteiger partial charge in [0.1, 0.15) is 12.4 Å². The summed E-state index contributed by atoms with van der Waals surface area (Å²) in [5, 5.41) is 0. The van der Waals surface area contributed by atoms with Crippen molar-refractivity contribution in [1.82, 2.24) is 4.98 Å². The van der Waals surface area contributed by atoms with E-state index in [-0.39, 0.29) is 33.8 Å². The number of aromatic nitrogens is 1. The van der Waals surface area contributed by atoms with Crippen molar-refractivity contribution >= 4 is 9.84 Å². The molecular weight excluding hydrogens is 378 g/mol. The van der Waals surface area contributed by atoms with E-state index in [1.165, 1.54) is 30.5 Å². The Morgan fingerprint density at radius 1 is 1.15 bits per heavy atom. The summed E-state index contributed by atoms with van der Waals surface area (Å²) in [7, 11) is -3.41. The van der Waals surface area contributed by atoms with E-state index in [9.17, 15) is 30.8 Å². The zero-order chi connectivity index (χ0) is 19.5. The van der Waals surface area contributed by atoms with E-state index in [4.69, 9.17) is 4.74 Å². The molecule has 0 atom stereocenters. The number of alkyl halides is 4. The van der Waals surface area contributed by atoms with Gasteiger partial charge in [-0.2, -0.15) is 13.2 Å². The number of H-pyrrole nitrogens is 1. The lowest BCUT2D eigenvalue weighted by Crippen LogP contribution is -2.20. The van der Waals surface area contributed by atoms with Crippen molar-refractivity contribution in [3.8, 4) is 16.9 Å². The molecule has 1 N–H and O–H groups in total. The van der Waals surface area contributed by atoms with Gasteiger partial charge in [-0.15, -0.1) is 0 Å². The molecule has 0 fully saturated rings. The lowest BCUT2D eigenvalue weighted by molar-refractivity contribution is -0.153. The Bertz CT molecular complexity index is 951. The number of nitrogens with one attached hydrogen (secondary N) is 1. The second-order valence-corrected chi connectivity index (χ2v) is 7.78. The van der Waals surface area contributed by atoms with Crippen molar-refractivity contribution in [1.29, 1.82) is 0 Å². The molecule has 0 radical (unpaired) electrons. The van der Waals surface area contributed by atoms with Crippen molar-refractivity contribution in [3.05, 3.63) is 51.9 Å². The van der Waals surface area contributed by atoms with Crippen LogP contribution in [0.25, 0.3) is 11.1 Å². The molecule has 0 spiro atoms. The van der Waals surface area contributed by atoms with Gasteiger partial charge in [0, 0.05) is 18.0 Å². The molecule has 1 heterocycles. The third kappa shape index (κ3) is 5.32. The molecule has 0 saturated carbocycles. The summed E-state index contributed by atoms with van der Waals surface area (Å²) in [6.45, 7) is -2.74. The normalized spacial score (nSPS) is 12.2. The van der Waals surface area contributed by atoms with Gasteiger partial charge in [-0.3, -0.25) is 4.79 Å². The van der Waals surface area contributed by atoms with Crippen molar-refractivity contribution < 1.29 is 30.7 Å². The highest BCUT2D eigenvalue weighted by molar-refractivity contribution is 7.89. The minimum Gasteiger partial charge on any atom is -0.483 e. The van der Waals surface area contributed by atoms with E-state index in [1.54, 1.807) is 0 Å². The molecule has 0 amide bonds. The predicted octanol–water partition coefficient (Wildman–Crippen LogP) is 3.00. The lowest BCUT2D eigenvalue weighted by Gasteiger charge is -2.16. The zero-order valence-corrected chi connectivity index (χ0v) is 14.4. The first kappa shape index (κ1) is 20.0. The molecule has 0 aliphatic rings. The highest BCUT2D eigenvalue weighted by Gasteiger charge is 2.29. The van der Waals surface area contributed by atoms with Gasteiger partial charge >= 0.3 is 6.18 Å². The molecule has 10 heteroatoms. The number of sulfone groups is 1. The van der Waals surface area contributed by atoms with Gasteiger partial charge in [0.2, 0.25) is 0 Å². The Hall–Kier alpha value is -2.36. The van der Waals surface area contributed by atoms with Crippen LogP contribution < -0.4 is 10.3 Å². The molecule has 26 heavy (non-hydrogen) atoms. The lowest BCUT2D eigenvalue weighted by atomic mass is 9.99. The van der Waals surface area contributed by atoms with Gasteiger partial charge in [-0.25, -0.2) is 12.8 Å². The van der Waals surface area contributed by atoms with E-state index in [0.29, 0.717) is 0 Å². The van der Waals surface area contributed by atoms with Crippen LogP contribution in [0.15, 0.2) is 35.3 Å². The number of aromatic amines is 1. The minimum absolute atomic E-state index is 0.00847. The summed E-state index contributed by atoms with van der Waals surface area (Å²) in [5.74, 6) is -0.604. The Labute approximate surface area is 146 Å². The van der Waals surface area contributed by atoms with E-state index in [1.807, 2.05) is 0 Å². The summed E-state index contributed by atoms with van der Waals surface area (Å²) < 4.78 is 78.4. The van der Waals surface area contributed by atoms with Crippen LogP contribution >= 0.6 is 0 Å². The van der Waals surface area contributed by atoms with E-state index in [2.05, 4.69) is 4.98 Å². The van der Waals surface area contributed by atoms with Crippen LogP contribution in [0.4, 0.5) is 17.6 Å². The van der Waals surface area contributed by atoms with Gasteiger partial charge in [0.25, 0.3) is 5.56 Å². The van der Waals surface area contributed by atoms with Crippen molar-refractivity contribution in [2.24, 2.45) is 0 Å². The van der Waals surface area contributed by atoms with Gasteiger partial charge in [-0.05, 0) is 29.3 Å². The van der Waals surface area contributed by atoms with Crippen LogP contribution in [0.1, 0.15) is 11.1 Å². The fourth-order valence-corrected chi connectivity index (χ4v) is 3.15. The molecule has 0 unspecified atom stereocenters.